The summed E-state index contributed by atoms with van der Waals surface area (Å²) in [5.74, 6) is -0.397. The summed E-state index contributed by atoms with van der Waals surface area (Å²) in [6.45, 7) is 0.924. The molecule has 1 saturated heterocycles. The van der Waals surface area contributed by atoms with Crippen molar-refractivity contribution in [2.75, 3.05) is 20.1 Å². The van der Waals surface area contributed by atoms with Gasteiger partial charge in [-0.15, -0.1) is 0 Å². The normalized spacial score (nSPS) is 18.5. The molecular formula is C21H22N2O4S. The van der Waals surface area contributed by atoms with Crippen LogP contribution in [0.3, 0.4) is 0 Å². The number of fused-ring (bicyclic) bond motifs is 1. The zero-order chi connectivity index (χ0) is 19.9. The molecule has 28 heavy (non-hydrogen) atoms. The fourth-order valence-corrected chi connectivity index (χ4v) is 5.45. The minimum atomic E-state index is -3.69. The smallest absolute Gasteiger partial charge is 0.261 e. The van der Waals surface area contributed by atoms with Crippen LogP contribution in [-0.2, 0) is 16.4 Å². The molecule has 146 valence electrons. The van der Waals surface area contributed by atoms with Gasteiger partial charge in [-0.1, -0.05) is 30.3 Å². The number of imide groups is 1. The second-order valence-electron chi connectivity index (χ2n) is 7.41. The van der Waals surface area contributed by atoms with E-state index in [9.17, 15) is 18.0 Å². The minimum Gasteiger partial charge on any atom is -0.277 e. The molecule has 0 atom stereocenters. The topological polar surface area (TPSA) is 74.8 Å². The molecular weight excluding hydrogens is 376 g/mol. The van der Waals surface area contributed by atoms with Crippen LogP contribution in [0, 0.1) is 5.92 Å². The van der Waals surface area contributed by atoms with Crippen molar-refractivity contribution >= 4 is 21.8 Å². The van der Waals surface area contributed by atoms with E-state index in [1.54, 1.807) is 0 Å². The molecule has 2 aromatic rings. The first-order chi connectivity index (χ1) is 13.4. The van der Waals surface area contributed by atoms with Crippen LogP contribution in [0.25, 0.3) is 0 Å². The Morgan fingerprint density at radius 3 is 2.25 bits per heavy atom. The van der Waals surface area contributed by atoms with E-state index in [4.69, 9.17) is 0 Å². The highest BCUT2D eigenvalue weighted by molar-refractivity contribution is 7.89. The Bertz CT molecular complexity index is 1030. The first-order valence-corrected chi connectivity index (χ1v) is 10.8. The lowest BCUT2D eigenvalue weighted by Crippen LogP contribution is -2.38. The Morgan fingerprint density at radius 2 is 1.57 bits per heavy atom. The van der Waals surface area contributed by atoms with Crippen LogP contribution in [0.1, 0.15) is 39.1 Å². The third kappa shape index (κ3) is 3.25. The van der Waals surface area contributed by atoms with Gasteiger partial charge in [0, 0.05) is 20.1 Å². The Kier molecular flexibility index (Phi) is 4.81. The average Bonchev–Trinajstić information content (AvgIpc) is 2.93. The third-order valence-electron chi connectivity index (χ3n) is 5.64. The minimum absolute atomic E-state index is 0.0733. The van der Waals surface area contributed by atoms with Crippen molar-refractivity contribution in [3.05, 3.63) is 65.2 Å². The molecule has 4 rings (SSSR count). The number of rotatable bonds is 4. The number of nitrogens with zero attached hydrogens (tertiary/aromatic N) is 2. The largest absolute Gasteiger partial charge is 0.277 e. The van der Waals surface area contributed by atoms with Gasteiger partial charge in [-0.2, -0.15) is 4.31 Å². The number of sulfonamides is 1. The summed E-state index contributed by atoms with van der Waals surface area (Å²) < 4.78 is 27.6. The lowest BCUT2D eigenvalue weighted by Gasteiger charge is -2.31. The first-order valence-electron chi connectivity index (χ1n) is 9.38. The molecule has 0 bridgehead atoms. The van der Waals surface area contributed by atoms with Crippen LogP contribution in [0.2, 0.25) is 0 Å². The lowest BCUT2D eigenvalue weighted by atomic mass is 9.91. The maximum absolute atomic E-state index is 13.0. The molecule has 0 spiro atoms. The van der Waals surface area contributed by atoms with Gasteiger partial charge in [-0.3, -0.25) is 14.5 Å². The van der Waals surface area contributed by atoms with Crippen LogP contribution in [0.15, 0.2) is 53.4 Å². The van der Waals surface area contributed by atoms with E-state index in [1.807, 2.05) is 18.2 Å². The predicted octanol–water partition coefficient (Wildman–Crippen LogP) is 2.56. The fourth-order valence-electron chi connectivity index (χ4n) is 3.95. The summed E-state index contributed by atoms with van der Waals surface area (Å²) in [6, 6.07) is 14.4. The third-order valence-corrected chi connectivity index (χ3v) is 7.53. The number of piperidine rings is 1. The highest BCUT2D eigenvalue weighted by Crippen LogP contribution is 2.29. The molecule has 0 saturated carbocycles. The predicted molar refractivity (Wildman–Crippen MR) is 104 cm³/mol. The van der Waals surface area contributed by atoms with Crippen molar-refractivity contribution in [1.29, 1.82) is 0 Å². The van der Waals surface area contributed by atoms with Gasteiger partial charge in [-0.05, 0) is 48.9 Å². The van der Waals surface area contributed by atoms with E-state index >= 15 is 0 Å². The van der Waals surface area contributed by atoms with Gasteiger partial charge in [0.25, 0.3) is 11.8 Å². The Labute approximate surface area is 164 Å². The van der Waals surface area contributed by atoms with Crippen molar-refractivity contribution in [1.82, 2.24) is 9.21 Å². The van der Waals surface area contributed by atoms with E-state index in [0.29, 0.717) is 19.0 Å². The molecule has 6 nitrogen and oxygen atoms in total. The monoisotopic (exact) mass is 398 g/mol. The molecule has 0 unspecified atom stereocenters. The first kappa shape index (κ1) is 18.8. The van der Waals surface area contributed by atoms with Gasteiger partial charge < -0.3 is 0 Å². The second kappa shape index (κ2) is 7.14. The van der Waals surface area contributed by atoms with Crippen molar-refractivity contribution < 1.29 is 18.0 Å². The summed E-state index contributed by atoms with van der Waals surface area (Å²) in [5, 5.41) is 0. The molecule has 2 aliphatic heterocycles. The summed E-state index contributed by atoms with van der Waals surface area (Å²) in [5.41, 5.74) is 1.69. The van der Waals surface area contributed by atoms with E-state index in [2.05, 4.69) is 12.1 Å². The Balaban J connectivity index is 1.48. The quantitative estimate of drug-likeness (QED) is 0.742. The van der Waals surface area contributed by atoms with E-state index in [-0.39, 0.29) is 16.0 Å². The number of amides is 2. The van der Waals surface area contributed by atoms with Gasteiger partial charge in [0.1, 0.15) is 0 Å². The molecule has 2 amide bonds. The molecule has 0 radical (unpaired) electrons. The maximum atomic E-state index is 13.0. The SMILES string of the molecule is CN1C(=O)c2ccc(S(=O)(=O)N3CCC(Cc4ccccc4)CC3)cc2C1=O. The lowest BCUT2D eigenvalue weighted by molar-refractivity contribution is 0.0693. The molecule has 7 heteroatoms. The van der Waals surface area contributed by atoms with Crippen LogP contribution < -0.4 is 0 Å². The maximum Gasteiger partial charge on any atom is 0.261 e. The number of hydrogen-bond donors (Lipinski definition) is 0. The zero-order valence-corrected chi connectivity index (χ0v) is 16.5. The molecule has 1 fully saturated rings. The van der Waals surface area contributed by atoms with Gasteiger partial charge in [0.05, 0.1) is 16.0 Å². The van der Waals surface area contributed by atoms with Crippen LogP contribution in [-0.4, -0.2) is 49.6 Å². The Morgan fingerprint density at radius 1 is 0.929 bits per heavy atom. The van der Waals surface area contributed by atoms with Crippen molar-refractivity contribution in [3.63, 3.8) is 0 Å². The number of hydrogen-bond acceptors (Lipinski definition) is 4. The molecule has 0 aromatic heterocycles. The number of carbonyl (C=O) groups excluding carboxylic acids is 2. The van der Waals surface area contributed by atoms with Gasteiger partial charge >= 0.3 is 0 Å². The van der Waals surface area contributed by atoms with Gasteiger partial charge in [0.15, 0.2) is 0 Å². The molecule has 2 heterocycles. The van der Waals surface area contributed by atoms with E-state index in [0.717, 1.165) is 24.2 Å². The van der Waals surface area contributed by atoms with E-state index < -0.39 is 21.8 Å². The molecule has 2 aliphatic rings. The number of benzene rings is 2. The van der Waals surface area contributed by atoms with Gasteiger partial charge in [-0.25, -0.2) is 8.42 Å². The molecule has 0 N–H and O–H groups in total. The van der Waals surface area contributed by atoms with E-state index in [1.165, 1.54) is 35.1 Å². The summed E-state index contributed by atoms with van der Waals surface area (Å²) >= 11 is 0. The van der Waals surface area contributed by atoms with Crippen molar-refractivity contribution in [2.45, 2.75) is 24.2 Å². The number of carbonyl (C=O) groups is 2. The van der Waals surface area contributed by atoms with Crippen LogP contribution in [0.5, 0.6) is 0 Å². The highest BCUT2D eigenvalue weighted by Gasteiger charge is 2.35. The second-order valence-corrected chi connectivity index (χ2v) is 9.35. The molecule has 0 aliphatic carbocycles. The summed E-state index contributed by atoms with van der Waals surface area (Å²) in [6.07, 6.45) is 2.56. The zero-order valence-electron chi connectivity index (χ0n) is 15.7. The van der Waals surface area contributed by atoms with Crippen LogP contribution >= 0.6 is 0 Å². The van der Waals surface area contributed by atoms with Crippen LogP contribution in [0.4, 0.5) is 0 Å². The molecule has 2 aromatic carbocycles. The summed E-state index contributed by atoms with van der Waals surface area (Å²) in [7, 11) is -2.29. The fraction of sp³-hybridized carbons (Fsp3) is 0.333. The Hall–Kier alpha value is -2.51. The van der Waals surface area contributed by atoms with Crippen molar-refractivity contribution in [3.8, 4) is 0 Å². The van der Waals surface area contributed by atoms with Crippen molar-refractivity contribution in [2.24, 2.45) is 5.92 Å². The standard InChI is InChI=1S/C21H22N2O4S/c1-22-20(24)18-8-7-17(14-19(18)21(22)25)28(26,27)23-11-9-16(10-12-23)13-15-5-3-2-4-6-15/h2-8,14,16H,9-13H2,1H3. The average molecular weight is 398 g/mol. The van der Waals surface area contributed by atoms with Gasteiger partial charge in [0.2, 0.25) is 10.0 Å². The highest BCUT2D eigenvalue weighted by atomic mass is 32.2. The summed E-state index contributed by atoms with van der Waals surface area (Å²) in [4.78, 5) is 25.3.